The molecular formula is C16H24IN7S. The Morgan fingerprint density at radius 3 is 2.52 bits per heavy atom. The van der Waals surface area contributed by atoms with E-state index >= 15 is 0 Å². The van der Waals surface area contributed by atoms with Crippen LogP contribution in [0.2, 0.25) is 0 Å². The highest BCUT2D eigenvalue weighted by Crippen LogP contribution is 2.21. The second-order valence-electron chi connectivity index (χ2n) is 5.93. The maximum absolute atomic E-state index is 6.17. The molecule has 2 N–H and O–H groups in total. The van der Waals surface area contributed by atoms with Gasteiger partial charge in [-0.2, -0.15) is 0 Å². The van der Waals surface area contributed by atoms with Crippen molar-refractivity contribution in [3.05, 3.63) is 34.5 Å². The molecule has 1 unspecified atom stereocenters. The van der Waals surface area contributed by atoms with E-state index in [1.165, 1.54) is 4.88 Å². The SMILES string of the molecule is Cc1cnc(C(C)CN=C(N)N2CCN(c3ncccn3)CC2)s1.I. The van der Waals surface area contributed by atoms with E-state index in [0.717, 1.165) is 37.1 Å². The molecule has 3 heterocycles. The molecule has 0 aromatic carbocycles. The minimum atomic E-state index is 0. The van der Waals surface area contributed by atoms with Crippen molar-refractivity contribution < 1.29 is 0 Å². The maximum atomic E-state index is 6.17. The maximum Gasteiger partial charge on any atom is 0.225 e. The molecule has 9 heteroatoms. The van der Waals surface area contributed by atoms with Gasteiger partial charge in [-0.25, -0.2) is 15.0 Å². The summed E-state index contributed by atoms with van der Waals surface area (Å²) < 4.78 is 0. The first-order chi connectivity index (χ1) is 11.6. The van der Waals surface area contributed by atoms with Crippen LogP contribution in [0.1, 0.15) is 22.7 Å². The first-order valence-corrected chi connectivity index (χ1v) is 8.94. The number of hydrogen-bond acceptors (Lipinski definition) is 6. The molecule has 1 saturated heterocycles. The molecule has 1 atom stereocenters. The van der Waals surface area contributed by atoms with Gasteiger partial charge in [0, 0.05) is 55.6 Å². The Morgan fingerprint density at radius 2 is 1.92 bits per heavy atom. The molecule has 25 heavy (non-hydrogen) atoms. The van der Waals surface area contributed by atoms with Gasteiger partial charge in [0.1, 0.15) is 0 Å². The minimum absolute atomic E-state index is 0. The molecular weight excluding hydrogens is 449 g/mol. The number of anilines is 1. The number of halogens is 1. The quantitative estimate of drug-likeness (QED) is 0.416. The fourth-order valence-electron chi connectivity index (χ4n) is 2.60. The number of aliphatic imine (C=N–C) groups is 1. The molecule has 0 aliphatic carbocycles. The van der Waals surface area contributed by atoms with E-state index in [-0.39, 0.29) is 24.0 Å². The Labute approximate surface area is 169 Å². The summed E-state index contributed by atoms with van der Waals surface area (Å²) in [7, 11) is 0. The number of piperazine rings is 1. The van der Waals surface area contributed by atoms with Crippen molar-refractivity contribution in [1.82, 2.24) is 19.9 Å². The predicted octanol–water partition coefficient (Wildman–Crippen LogP) is 2.10. The normalized spacial score (nSPS) is 16.5. The van der Waals surface area contributed by atoms with Crippen LogP contribution in [-0.2, 0) is 0 Å². The summed E-state index contributed by atoms with van der Waals surface area (Å²) >= 11 is 1.73. The van der Waals surface area contributed by atoms with Crippen LogP contribution in [0.5, 0.6) is 0 Å². The van der Waals surface area contributed by atoms with Crippen LogP contribution >= 0.6 is 35.3 Å². The van der Waals surface area contributed by atoms with Crippen LogP contribution < -0.4 is 10.6 Å². The summed E-state index contributed by atoms with van der Waals surface area (Å²) in [4.78, 5) is 23.1. The number of nitrogens with zero attached hydrogens (tertiary/aromatic N) is 6. The summed E-state index contributed by atoms with van der Waals surface area (Å²) in [6.07, 6.45) is 5.45. The molecule has 2 aromatic rings. The molecule has 0 spiro atoms. The molecule has 136 valence electrons. The zero-order valence-corrected chi connectivity index (χ0v) is 17.6. The van der Waals surface area contributed by atoms with Crippen LogP contribution in [0.3, 0.4) is 0 Å². The topological polar surface area (TPSA) is 83.5 Å². The summed E-state index contributed by atoms with van der Waals surface area (Å²) in [5.74, 6) is 1.69. The summed E-state index contributed by atoms with van der Waals surface area (Å²) in [5, 5.41) is 1.12. The number of thiazole rings is 1. The number of nitrogens with two attached hydrogens (primary N) is 1. The van der Waals surface area contributed by atoms with Gasteiger partial charge in [-0.05, 0) is 13.0 Å². The average molecular weight is 473 g/mol. The van der Waals surface area contributed by atoms with Crippen molar-refractivity contribution in [1.29, 1.82) is 0 Å². The van der Waals surface area contributed by atoms with E-state index in [9.17, 15) is 0 Å². The van der Waals surface area contributed by atoms with Crippen molar-refractivity contribution in [2.45, 2.75) is 19.8 Å². The lowest BCUT2D eigenvalue weighted by Gasteiger charge is -2.35. The summed E-state index contributed by atoms with van der Waals surface area (Å²) in [6.45, 7) is 8.24. The van der Waals surface area contributed by atoms with Crippen LogP contribution in [0, 0.1) is 6.92 Å². The van der Waals surface area contributed by atoms with Crippen molar-refractivity contribution >= 4 is 47.2 Å². The van der Waals surface area contributed by atoms with Crippen LogP contribution in [0.4, 0.5) is 5.95 Å². The van der Waals surface area contributed by atoms with Crippen molar-refractivity contribution in [2.24, 2.45) is 10.7 Å². The van der Waals surface area contributed by atoms with Crippen molar-refractivity contribution in [2.75, 3.05) is 37.6 Å². The van der Waals surface area contributed by atoms with E-state index < -0.39 is 0 Å². The Morgan fingerprint density at radius 1 is 1.24 bits per heavy atom. The van der Waals surface area contributed by atoms with E-state index in [2.05, 4.69) is 43.6 Å². The van der Waals surface area contributed by atoms with Gasteiger partial charge >= 0.3 is 0 Å². The number of aryl methyl sites for hydroxylation is 1. The van der Waals surface area contributed by atoms with Gasteiger partial charge < -0.3 is 15.5 Å². The van der Waals surface area contributed by atoms with E-state index in [1.807, 2.05) is 12.3 Å². The van der Waals surface area contributed by atoms with Gasteiger partial charge in [0.2, 0.25) is 5.95 Å². The zero-order chi connectivity index (χ0) is 16.9. The Hall–Kier alpha value is -1.49. The fourth-order valence-corrected chi connectivity index (χ4v) is 3.42. The molecule has 0 saturated carbocycles. The molecule has 0 radical (unpaired) electrons. The molecule has 0 amide bonds. The fraction of sp³-hybridized carbons (Fsp3) is 0.500. The van der Waals surface area contributed by atoms with Crippen LogP contribution in [0.15, 0.2) is 29.6 Å². The summed E-state index contributed by atoms with van der Waals surface area (Å²) in [5.41, 5.74) is 6.17. The van der Waals surface area contributed by atoms with E-state index in [1.54, 1.807) is 23.7 Å². The lowest BCUT2D eigenvalue weighted by Crippen LogP contribution is -2.51. The van der Waals surface area contributed by atoms with E-state index in [4.69, 9.17) is 5.73 Å². The number of hydrogen-bond donors (Lipinski definition) is 1. The molecule has 7 nitrogen and oxygen atoms in total. The Balaban J connectivity index is 0.00000225. The molecule has 1 aliphatic heterocycles. The van der Waals surface area contributed by atoms with Crippen LogP contribution in [0.25, 0.3) is 0 Å². The highest BCUT2D eigenvalue weighted by molar-refractivity contribution is 14.0. The molecule has 0 bridgehead atoms. The van der Waals surface area contributed by atoms with Crippen LogP contribution in [-0.4, -0.2) is 58.5 Å². The first-order valence-electron chi connectivity index (χ1n) is 8.12. The second kappa shape index (κ2) is 9.27. The van der Waals surface area contributed by atoms with Gasteiger partial charge in [0.25, 0.3) is 0 Å². The first kappa shape index (κ1) is 19.8. The smallest absolute Gasteiger partial charge is 0.225 e. The van der Waals surface area contributed by atoms with Gasteiger partial charge in [0.05, 0.1) is 11.6 Å². The summed E-state index contributed by atoms with van der Waals surface area (Å²) in [6, 6.07) is 1.83. The lowest BCUT2D eigenvalue weighted by molar-refractivity contribution is 0.378. The predicted molar refractivity (Wildman–Crippen MR) is 113 cm³/mol. The standard InChI is InChI=1S/C16H23N7S.HI/c1-12(14-20-11-13(2)24-14)10-21-15(17)22-6-8-23(9-7-22)16-18-4-3-5-19-16;/h3-5,11-12H,6-10H2,1-2H3,(H2,17,21);1H. The molecule has 3 rings (SSSR count). The second-order valence-corrected chi connectivity index (χ2v) is 7.20. The molecule has 2 aromatic heterocycles. The zero-order valence-electron chi connectivity index (χ0n) is 14.5. The highest BCUT2D eigenvalue weighted by atomic mass is 127. The molecule has 1 fully saturated rings. The third kappa shape index (κ3) is 5.24. The minimum Gasteiger partial charge on any atom is -0.370 e. The van der Waals surface area contributed by atoms with Gasteiger partial charge in [0.15, 0.2) is 5.96 Å². The van der Waals surface area contributed by atoms with Gasteiger partial charge in [-0.1, -0.05) is 6.92 Å². The third-order valence-corrected chi connectivity index (χ3v) is 5.17. The monoisotopic (exact) mass is 473 g/mol. The number of rotatable bonds is 4. The average Bonchev–Trinajstić information content (AvgIpc) is 3.07. The number of aromatic nitrogens is 3. The number of guanidine groups is 1. The Kier molecular flexibility index (Phi) is 7.36. The lowest BCUT2D eigenvalue weighted by atomic mass is 10.2. The van der Waals surface area contributed by atoms with E-state index in [0.29, 0.717) is 18.4 Å². The van der Waals surface area contributed by atoms with Crippen molar-refractivity contribution in [3.8, 4) is 0 Å². The highest BCUT2D eigenvalue weighted by Gasteiger charge is 2.20. The molecule has 1 aliphatic rings. The Bertz CT molecular complexity index is 683. The van der Waals surface area contributed by atoms with Crippen molar-refractivity contribution in [3.63, 3.8) is 0 Å². The largest absolute Gasteiger partial charge is 0.370 e. The third-order valence-electron chi connectivity index (χ3n) is 4.03. The van der Waals surface area contributed by atoms with Gasteiger partial charge in [-0.3, -0.25) is 4.99 Å². The van der Waals surface area contributed by atoms with Gasteiger partial charge in [-0.15, -0.1) is 35.3 Å².